The maximum absolute atomic E-state index is 10.9. The zero-order valence-corrected chi connectivity index (χ0v) is 12.9. The summed E-state index contributed by atoms with van der Waals surface area (Å²) in [6, 6.07) is 5.69. The van der Waals surface area contributed by atoms with Crippen LogP contribution in [0.4, 0.5) is 0 Å². The first-order valence-corrected chi connectivity index (χ1v) is 8.21. The summed E-state index contributed by atoms with van der Waals surface area (Å²) >= 11 is 0. The van der Waals surface area contributed by atoms with E-state index in [1.165, 1.54) is 0 Å². The van der Waals surface area contributed by atoms with Gasteiger partial charge >= 0.3 is 0 Å². The van der Waals surface area contributed by atoms with Crippen LogP contribution in [0, 0.1) is 0 Å². The standard InChI is InChI=1S/C13H22N2O4S/c1-18-12-7-11(8-13(9-12)19-2)10-14-5-4-6-15-20(3,16)17/h7-9,14-15H,4-6,10H2,1-3H3. The van der Waals surface area contributed by atoms with E-state index in [0.29, 0.717) is 13.1 Å². The van der Waals surface area contributed by atoms with E-state index in [2.05, 4.69) is 10.0 Å². The molecule has 0 spiro atoms. The van der Waals surface area contributed by atoms with Gasteiger partial charge in [-0.1, -0.05) is 0 Å². The normalized spacial score (nSPS) is 11.3. The summed E-state index contributed by atoms with van der Waals surface area (Å²) in [5.74, 6) is 1.50. The van der Waals surface area contributed by atoms with Crippen LogP contribution in [-0.4, -0.2) is 42.0 Å². The number of methoxy groups -OCH3 is 2. The van der Waals surface area contributed by atoms with Crippen LogP contribution in [0.25, 0.3) is 0 Å². The Morgan fingerprint density at radius 2 is 1.65 bits per heavy atom. The van der Waals surface area contributed by atoms with E-state index >= 15 is 0 Å². The minimum atomic E-state index is -3.09. The van der Waals surface area contributed by atoms with E-state index in [0.717, 1.165) is 36.3 Å². The minimum absolute atomic E-state index is 0.438. The van der Waals surface area contributed by atoms with Crippen molar-refractivity contribution in [1.82, 2.24) is 10.0 Å². The molecule has 1 rings (SSSR count). The van der Waals surface area contributed by atoms with Gasteiger partial charge in [-0.25, -0.2) is 13.1 Å². The molecule has 0 aliphatic heterocycles. The van der Waals surface area contributed by atoms with Crippen LogP contribution in [0.5, 0.6) is 11.5 Å². The molecule has 6 nitrogen and oxygen atoms in total. The molecule has 0 bridgehead atoms. The first-order valence-electron chi connectivity index (χ1n) is 6.32. The lowest BCUT2D eigenvalue weighted by Crippen LogP contribution is -2.26. The van der Waals surface area contributed by atoms with Gasteiger partial charge in [0.15, 0.2) is 0 Å². The Morgan fingerprint density at radius 3 is 2.15 bits per heavy atom. The van der Waals surface area contributed by atoms with Gasteiger partial charge in [0.2, 0.25) is 10.0 Å². The summed E-state index contributed by atoms with van der Waals surface area (Å²) < 4.78 is 34.6. The Hall–Kier alpha value is -1.31. The zero-order valence-electron chi connectivity index (χ0n) is 12.1. The summed E-state index contributed by atoms with van der Waals surface area (Å²) in [4.78, 5) is 0. The predicted octanol–water partition coefficient (Wildman–Crippen LogP) is 0.733. The molecule has 114 valence electrons. The quantitative estimate of drug-likeness (QED) is 0.658. The van der Waals surface area contributed by atoms with Crippen molar-refractivity contribution in [2.75, 3.05) is 33.6 Å². The number of ether oxygens (including phenoxy) is 2. The summed E-state index contributed by atoms with van der Waals surface area (Å²) in [7, 11) is 0.136. The van der Waals surface area contributed by atoms with Gasteiger partial charge in [-0.2, -0.15) is 0 Å². The maximum atomic E-state index is 10.9. The number of hydrogen-bond donors (Lipinski definition) is 2. The third-order valence-corrected chi connectivity index (χ3v) is 3.36. The van der Waals surface area contributed by atoms with Crippen molar-refractivity contribution in [1.29, 1.82) is 0 Å². The van der Waals surface area contributed by atoms with Crippen molar-refractivity contribution in [3.05, 3.63) is 23.8 Å². The van der Waals surface area contributed by atoms with Crippen molar-refractivity contribution in [2.24, 2.45) is 0 Å². The first kappa shape index (κ1) is 16.7. The Balaban J connectivity index is 2.34. The molecule has 2 N–H and O–H groups in total. The highest BCUT2D eigenvalue weighted by molar-refractivity contribution is 7.88. The predicted molar refractivity (Wildman–Crippen MR) is 78.7 cm³/mol. The fourth-order valence-electron chi connectivity index (χ4n) is 1.67. The van der Waals surface area contributed by atoms with Crippen LogP contribution in [0.2, 0.25) is 0 Å². The molecule has 1 aromatic rings. The van der Waals surface area contributed by atoms with Crippen LogP contribution in [0.15, 0.2) is 18.2 Å². The van der Waals surface area contributed by atoms with Crippen LogP contribution in [0.3, 0.4) is 0 Å². The monoisotopic (exact) mass is 302 g/mol. The molecule has 0 aliphatic carbocycles. The molecule has 1 aromatic carbocycles. The van der Waals surface area contributed by atoms with E-state index in [4.69, 9.17) is 9.47 Å². The Labute approximate surface area is 120 Å². The van der Waals surface area contributed by atoms with Gasteiger partial charge in [0, 0.05) is 19.2 Å². The van der Waals surface area contributed by atoms with Crippen LogP contribution < -0.4 is 19.5 Å². The molecule has 0 saturated carbocycles. The number of benzene rings is 1. The Bertz CT molecular complexity index is 495. The molecule has 0 radical (unpaired) electrons. The molecule has 0 fully saturated rings. The van der Waals surface area contributed by atoms with Crippen LogP contribution >= 0.6 is 0 Å². The van der Waals surface area contributed by atoms with E-state index in [9.17, 15) is 8.42 Å². The zero-order chi connectivity index (χ0) is 15.0. The summed E-state index contributed by atoms with van der Waals surface area (Å²) in [5, 5.41) is 3.24. The van der Waals surface area contributed by atoms with Gasteiger partial charge in [-0.05, 0) is 30.7 Å². The van der Waals surface area contributed by atoms with Crippen molar-refractivity contribution < 1.29 is 17.9 Å². The highest BCUT2D eigenvalue weighted by atomic mass is 32.2. The lowest BCUT2D eigenvalue weighted by molar-refractivity contribution is 0.393. The average Bonchev–Trinajstić information content (AvgIpc) is 2.41. The highest BCUT2D eigenvalue weighted by Gasteiger charge is 2.02. The lowest BCUT2D eigenvalue weighted by atomic mass is 10.2. The molecule has 20 heavy (non-hydrogen) atoms. The molecular weight excluding hydrogens is 280 g/mol. The second-order valence-corrected chi connectivity index (χ2v) is 6.25. The molecule has 7 heteroatoms. The summed E-state index contributed by atoms with van der Waals surface area (Å²) in [5.41, 5.74) is 1.05. The fourth-order valence-corrected chi connectivity index (χ4v) is 2.19. The number of rotatable bonds is 9. The van der Waals surface area contributed by atoms with Gasteiger partial charge in [0.1, 0.15) is 11.5 Å². The van der Waals surface area contributed by atoms with E-state index in [1.807, 2.05) is 18.2 Å². The van der Waals surface area contributed by atoms with Crippen molar-refractivity contribution in [3.63, 3.8) is 0 Å². The van der Waals surface area contributed by atoms with Crippen molar-refractivity contribution in [3.8, 4) is 11.5 Å². The van der Waals surface area contributed by atoms with Gasteiger partial charge < -0.3 is 14.8 Å². The second kappa shape index (κ2) is 8.08. The third kappa shape index (κ3) is 6.74. The molecule has 0 heterocycles. The first-order chi connectivity index (χ1) is 9.44. The largest absolute Gasteiger partial charge is 0.497 e. The average molecular weight is 302 g/mol. The van der Waals surface area contributed by atoms with Gasteiger partial charge in [-0.15, -0.1) is 0 Å². The number of nitrogens with one attached hydrogen (secondary N) is 2. The van der Waals surface area contributed by atoms with E-state index in [1.54, 1.807) is 14.2 Å². The highest BCUT2D eigenvalue weighted by Crippen LogP contribution is 2.22. The SMILES string of the molecule is COc1cc(CNCCCNS(C)(=O)=O)cc(OC)c1. The lowest BCUT2D eigenvalue weighted by Gasteiger charge is -2.09. The molecule has 0 saturated heterocycles. The second-order valence-electron chi connectivity index (χ2n) is 4.42. The molecular formula is C13H22N2O4S. The van der Waals surface area contributed by atoms with E-state index in [-0.39, 0.29) is 0 Å². The molecule has 0 aliphatic rings. The molecule has 0 atom stereocenters. The van der Waals surface area contributed by atoms with Crippen molar-refractivity contribution >= 4 is 10.0 Å². The Kier molecular flexibility index (Phi) is 6.77. The Morgan fingerprint density at radius 1 is 1.05 bits per heavy atom. The topological polar surface area (TPSA) is 76.7 Å². The van der Waals surface area contributed by atoms with Gasteiger partial charge in [0.25, 0.3) is 0 Å². The van der Waals surface area contributed by atoms with Crippen LogP contribution in [0.1, 0.15) is 12.0 Å². The maximum Gasteiger partial charge on any atom is 0.208 e. The third-order valence-electron chi connectivity index (χ3n) is 2.63. The number of hydrogen-bond acceptors (Lipinski definition) is 5. The summed E-state index contributed by atoms with van der Waals surface area (Å²) in [6.07, 6.45) is 1.89. The molecule has 0 amide bonds. The number of sulfonamides is 1. The summed E-state index contributed by atoms with van der Waals surface area (Å²) in [6.45, 7) is 1.84. The van der Waals surface area contributed by atoms with Gasteiger partial charge in [0.05, 0.1) is 20.5 Å². The fraction of sp³-hybridized carbons (Fsp3) is 0.538. The van der Waals surface area contributed by atoms with Crippen molar-refractivity contribution in [2.45, 2.75) is 13.0 Å². The smallest absolute Gasteiger partial charge is 0.208 e. The van der Waals surface area contributed by atoms with Gasteiger partial charge in [-0.3, -0.25) is 0 Å². The van der Waals surface area contributed by atoms with Crippen LogP contribution in [-0.2, 0) is 16.6 Å². The van der Waals surface area contributed by atoms with E-state index < -0.39 is 10.0 Å². The molecule has 0 unspecified atom stereocenters. The molecule has 0 aromatic heterocycles. The minimum Gasteiger partial charge on any atom is -0.497 e.